The van der Waals surface area contributed by atoms with E-state index in [0.29, 0.717) is 17.7 Å². The van der Waals surface area contributed by atoms with Gasteiger partial charge in [0.2, 0.25) is 15.9 Å². The number of carbonyl (C=O) groups excluding carboxylic acids is 1. The highest BCUT2D eigenvalue weighted by molar-refractivity contribution is 7.88. The first-order chi connectivity index (χ1) is 9.33. The third-order valence-corrected chi connectivity index (χ3v) is 3.78. The van der Waals surface area contributed by atoms with Gasteiger partial charge in [0.15, 0.2) is 0 Å². The van der Waals surface area contributed by atoms with Crippen molar-refractivity contribution in [2.24, 2.45) is 16.8 Å². The van der Waals surface area contributed by atoms with Gasteiger partial charge in [-0.15, -0.1) is 0 Å². The van der Waals surface area contributed by atoms with E-state index >= 15 is 0 Å². The van der Waals surface area contributed by atoms with Crippen LogP contribution in [0.2, 0.25) is 0 Å². The lowest BCUT2D eigenvalue weighted by Gasteiger charge is -2.11. The lowest BCUT2D eigenvalue weighted by molar-refractivity contribution is -0.118. The molecule has 2 atom stereocenters. The van der Waals surface area contributed by atoms with Crippen molar-refractivity contribution in [3.63, 3.8) is 0 Å². The lowest BCUT2D eigenvalue weighted by atomic mass is 10.1. The predicted octanol–water partition coefficient (Wildman–Crippen LogP) is 0.317. The quantitative estimate of drug-likeness (QED) is 0.693. The molecule has 0 bridgehead atoms. The van der Waals surface area contributed by atoms with E-state index in [1.807, 2.05) is 6.08 Å². The van der Waals surface area contributed by atoms with Crippen molar-refractivity contribution in [3.05, 3.63) is 42.0 Å². The van der Waals surface area contributed by atoms with Gasteiger partial charge in [0.1, 0.15) is 0 Å². The maximum Gasteiger partial charge on any atom is 0.231 e. The van der Waals surface area contributed by atoms with E-state index in [9.17, 15) is 13.2 Å². The second-order valence-corrected chi connectivity index (χ2v) is 6.50. The molecule has 2 rings (SSSR count). The summed E-state index contributed by atoms with van der Waals surface area (Å²) in [6.07, 6.45) is 4.23. The first-order valence-corrected chi connectivity index (χ1v) is 7.89. The molecule has 0 saturated heterocycles. The normalized spacial score (nSPS) is 21.9. The van der Waals surface area contributed by atoms with Crippen LogP contribution in [0.25, 0.3) is 0 Å². The maximum absolute atomic E-state index is 11.9. The van der Waals surface area contributed by atoms with E-state index in [1.54, 1.807) is 30.3 Å². The molecule has 1 aliphatic rings. The number of hydrogen-bond acceptors (Lipinski definition) is 4. The fourth-order valence-electron chi connectivity index (χ4n) is 2.07. The molecule has 0 heterocycles. The molecule has 0 radical (unpaired) electrons. The molecule has 7 heteroatoms. The number of hydrogen-bond donors (Lipinski definition) is 3. The van der Waals surface area contributed by atoms with E-state index in [0.717, 1.165) is 0 Å². The van der Waals surface area contributed by atoms with Crippen LogP contribution >= 0.6 is 0 Å². The first kappa shape index (κ1) is 14.7. The molecule has 1 aromatic carbocycles. The van der Waals surface area contributed by atoms with E-state index in [-0.39, 0.29) is 23.6 Å². The van der Waals surface area contributed by atoms with Crippen molar-refractivity contribution in [2.45, 2.75) is 18.2 Å². The molecule has 20 heavy (non-hydrogen) atoms. The number of amides is 1. The SMILES string of the molecule is NC1C=CC(C(=O)Nc2ccc(CS(N)(=O)=O)cc2)C1. The van der Waals surface area contributed by atoms with E-state index < -0.39 is 10.0 Å². The van der Waals surface area contributed by atoms with Gasteiger partial charge in [-0.2, -0.15) is 0 Å². The topological polar surface area (TPSA) is 115 Å². The van der Waals surface area contributed by atoms with Gasteiger partial charge >= 0.3 is 0 Å². The summed E-state index contributed by atoms with van der Waals surface area (Å²) in [7, 11) is -3.54. The second-order valence-electron chi connectivity index (χ2n) is 4.88. The van der Waals surface area contributed by atoms with Crippen molar-refractivity contribution in [1.82, 2.24) is 0 Å². The molecule has 1 amide bonds. The first-order valence-electron chi connectivity index (χ1n) is 6.18. The van der Waals surface area contributed by atoms with E-state index in [4.69, 9.17) is 10.9 Å². The highest BCUT2D eigenvalue weighted by Crippen LogP contribution is 2.19. The van der Waals surface area contributed by atoms with Crippen LogP contribution in [0.5, 0.6) is 0 Å². The van der Waals surface area contributed by atoms with Crippen molar-refractivity contribution in [3.8, 4) is 0 Å². The van der Waals surface area contributed by atoms with E-state index in [2.05, 4.69) is 5.32 Å². The van der Waals surface area contributed by atoms with Crippen LogP contribution in [-0.2, 0) is 20.6 Å². The number of nitrogens with one attached hydrogen (secondary N) is 1. The van der Waals surface area contributed by atoms with Crippen molar-refractivity contribution in [1.29, 1.82) is 0 Å². The average Bonchev–Trinajstić information content (AvgIpc) is 2.77. The number of benzene rings is 1. The Morgan fingerprint density at radius 2 is 1.90 bits per heavy atom. The molecule has 1 aliphatic carbocycles. The molecular weight excluding hydrogens is 278 g/mol. The van der Waals surface area contributed by atoms with Crippen molar-refractivity contribution < 1.29 is 13.2 Å². The van der Waals surface area contributed by atoms with Gasteiger partial charge in [0.05, 0.1) is 11.7 Å². The van der Waals surface area contributed by atoms with Gasteiger partial charge in [-0.05, 0) is 24.1 Å². The summed E-state index contributed by atoms with van der Waals surface area (Å²) in [5, 5.41) is 7.73. The van der Waals surface area contributed by atoms with Crippen LogP contribution in [0.15, 0.2) is 36.4 Å². The summed E-state index contributed by atoms with van der Waals surface area (Å²) >= 11 is 0. The number of carbonyl (C=O) groups is 1. The van der Waals surface area contributed by atoms with Gasteiger partial charge in [-0.1, -0.05) is 24.3 Å². The minimum absolute atomic E-state index is 0.0668. The minimum atomic E-state index is -3.54. The van der Waals surface area contributed by atoms with Gasteiger partial charge in [-0.25, -0.2) is 13.6 Å². The van der Waals surface area contributed by atoms with Gasteiger partial charge in [0, 0.05) is 11.7 Å². The zero-order valence-corrected chi connectivity index (χ0v) is 11.6. The lowest BCUT2D eigenvalue weighted by Crippen LogP contribution is -2.24. The Bertz CT molecular complexity index is 623. The molecule has 5 N–H and O–H groups in total. The van der Waals surface area contributed by atoms with Gasteiger partial charge in [-0.3, -0.25) is 4.79 Å². The van der Waals surface area contributed by atoms with Crippen LogP contribution in [0, 0.1) is 5.92 Å². The Balaban J connectivity index is 1.97. The number of anilines is 1. The van der Waals surface area contributed by atoms with E-state index in [1.165, 1.54) is 0 Å². The molecular formula is C13H17N3O3S. The largest absolute Gasteiger partial charge is 0.326 e. The third-order valence-electron chi connectivity index (χ3n) is 3.04. The molecule has 1 aromatic rings. The number of primary sulfonamides is 1. The molecule has 0 aliphatic heterocycles. The van der Waals surface area contributed by atoms with Crippen LogP contribution in [0.3, 0.4) is 0 Å². The summed E-state index contributed by atoms with van der Waals surface area (Å²) in [6.45, 7) is 0. The Hall–Kier alpha value is -1.70. The van der Waals surface area contributed by atoms with Gasteiger partial charge in [0.25, 0.3) is 0 Å². The zero-order chi connectivity index (χ0) is 14.8. The smallest absolute Gasteiger partial charge is 0.231 e. The highest BCUT2D eigenvalue weighted by atomic mass is 32.2. The molecule has 6 nitrogen and oxygen atoms in total. The fraction of sp³-hybridized carbons (Fsp3) is 0.308. The molecule has 2 unspecified atom stereocenters. The van der Waals surface area contributed by atoms with Crippen molar-refractivity contribution in [2.75, 3.05) is 5.32 Å². The monoisotopic (exact) mass is 295 g/mol. The molecule has 0 fully saturated rings. The summed E-state index contributed by atoms with van der Waals surface area (Å²) in [5.41, 5.74) is 6.89. The maximum atomic E-state index is 11.9. The Labute approximate surface area is 117 Å². The standard InChI is InChI=1S/C13H17N3O3S/c14-11-4-3-10(7-11)13(17)16-12-5-1-9(2-6-12)8-20(15,18)19/h1-6,10-11H,7-8,14H2,(H,16,17)(H2,15,18,19). The molecule has 0 aromatic heterocycles. The third kappa shape index (κ3) is 4.16. The highest BCUT2D eigenvalue weighted by Gasteiger charge is 2.22. The van der Waals surface area contributed by atoms with Crippen LogP contribution in [-0.4, -0.2) is 20.4 Å². The summed E-state index contributed by atoms with van der Waals surface area (Å²) in [5.74, 6) is -0.552. The summed E-state index contributed by atoms with van der Waals surface area (Å²) in [6, 6.07) is 6.48. The summed E-state index contributed by atoms with van der Waals surface area (Å²) in [4.78, 5) is 11.9. The number of rotatable bonds is 4. The number of sulfonamides is 1. The summed E-state index contributed by atoms with van der Waals surface area (Å²) < 4.78 is 21.9. The molecule has 0 spiro atoms. The van der Waals surface area contributed by atoms with Gasteiger partial charge < -0.3 is 11.1 Å². The van der Waals surface area contributed by atoms with Crippen LogP contribution in [0.1, 0.15) is 12.0 Å². The van der Waals surface area contributed by atoms with Crippen molar-refractivity contribution >= 4 is 21.6 Å². The Kier molecular flexibility index (Phi) is 4.22. The molecule has 108 valence electrons. The number of nitrogens with two attached hydrogens (primary N) is 2. The Morgan fingerprint density at radius 3 is 2.40 bits per heavy atom. The molecule has 0 saturated carbocycles. The fourth-order valence-corrected chi connectivity index (χ4v) is 2.73. The minimum Gasteiger partial charge on any atom is -0.326 e. The van der Waals surface area contributed by atoms with Crippen LogP contribution in [0.4, 0.5) is 5.69 Å². The second kappa shape index (κ2) is 5.74. The Morgan fingerprint density at radius 1 is 1.25 bits per heavy atom. The van der Waals surface area contributed by atoms with Crippen LogP contribution < -0.4 is 16.2 Å². The predicted molar refractivity (Wildman–Crippen MR) is 77.1 cm³/mol. The zero-order valence-electron chi connectivity index (χ0n) is 10.8. The average molecular weight is 295 g/mol.